The number of methoxy groups -OCH3 is 6. The number of halogens is 1. The van der Waals surface area contributed by atoms with E-state index in [1.165, 1.54) is 60.9 Å². The fourth-order valence-electron chi connectivity index (χ4n) is 4.17. The van der Waals surface area contributed by atoms with Gasteiger partial charge < -0.3 is 37.9 Å². The SMILES string of the molecule is COc1cc(OC)c(C(=O)Oc2ccc(-c3ccc(OC(=O)c4cc(OC)c(OC)cc4OC)c(Cl)c3)cc2)cc1OC. The summed E-state index contributed by atoms with van der Waals surface area (Å²) in [6.45, 7) is 0. The molecule has 4 aromatic rings. The van der Waals surface area contributed by atoms with Gasteiger partial charge in [-0.2, -0.15) is 0 Å². The zero-order valence-electron chi connectivity index (χ0n) is 24.3. The number of hydrogen-bond acceptors (Lipinski definition) is 10. The van der Waals surface area contributed by atoms with Crippen LogP contribution in [0.1, 0.15) is 20.7 Å². The van der Waals surface area contributed by atoms with E-state index in [0.29, 0.717) is 28.7 Å². The lowest BCUT2D eigenvalue weighted by atomic mass is 10.1. The maximum absolute atomic E-state index is 13.0. The zero-order valence-corrected chi connectivity index (χ0v) is 25.1. The van der Waals surface area contributed by atoms with Crippen LogP contribution in [-0.4, -0.2) is 54.6 Å². The van der Waals surface area contributed by atoms with Crippen molar-refractivity contribution < 1.29 is 47.5 Å². The maximum Gasteiger partial charge on any atom is 0.347 e. The topological polar surface area (TPSA) is 108 Å². The Labute approximate surface area is 253 Å². The molecule has 224 valence electrons. The van der Waals surface area contributed by atoms with Crippen LogP contribution in [0.3, 0.4) is 0 Å². The Morgan fingerprint density at radius 3 is 1.33 bits per heavy atom. The molecule has 0 aliphatic heterocycles. The van der Waals surface area contributed by atoms with Crippen LogP contribution in [0.4, 0.5) is 0 Å². The van der Waals surface area contributed by atoms with Crippen molar-refractivity contribution >= 4 is 23.5 Å². The van der Waals surface area contributed by atoms with Gasteiger partial charge in [0.25, 0.3) is 0 Å². The van der Waals surface area contributed by atoms with Gasteiger partial charge in [-0.25, -0.2) is 9.59 Å². The Morgan fingerprint density at radius 1 is 0.465 bits per heavy atom. The molecule has 0 amide bonds. The van der Waals surface area contributed by atoms with Crippen molar-refractivity contribution in [2.75, 3.05) is 42.7 Å². The van der Waals surface area contributed by atoms with E-state index in [9.17, 15) is 9.59 Å². The van der Waals surface area contributed by atoms with E-state index in [2.05, 4.69) is 0 Å². The number of ether oxygens (including phenoxy) is 8. The van der Waals surface area contributed by atoms with Gasteiger partial charge >= 0.3 is 11.9 Å². The van der Waals surface area contributed by atoms with Crippen LogP contribution in [-0.2, 0) is 0 Å². The number of hydrogen-bond donors (Lipinski definition) is 0. The summed E-state index contributed by atoms with van der Waals surface area (Å²) in [5, 5.41) is 0.210. The summed E-state index contributed by atoms with van der Waals surface area (Å²) in [5.74, 6) is 1.19. The second-order valence-electron chi connectivity index (χ2n) is 8.76. The summed E-state index contributed by atoms with van der Waals surface area (Å²) in [4.78, 5) is 25.9. The third-order valence-corrected chi connectivity index (χ3v) is 6.68. The molecule has 0 heterocycles. The molecule has 0 atom stereocenters. The van der Waals surface area contributed by atoms with Crippen LogP contribution in [0.2, 0.25) is 5.02 Å². The Balaban J connectivity index is 1.50. The highest BCUT2D eigenvalue weighted by Gasteiger charge is 2.22. The molecule has 0 aliphatic rings. The smallest absolute Gasteiger partial charge is 0.347 e. The van der Waals surface area contributed by atoms with Gasteiger partial charge in [-0.1, -0.05) is 29.8 Å². The van der Waals surface area contributed by atoms with E-state index in [1.807, 2.05) is 0 Å². The van der Waals surface area contributed by atoms with Gasteiger partial charge in [0.05, 0.1) is 47.7 Å². The minimum atomic E-state index is -0.690. The Morgan fingerprint density at radius 2 is 0.884 bits per heavy atom. The van der Waals surface area contributed by atoms with Crippen LogP contribution < -0.4 is 37.9 Å². The molecule has 10 nitrogen and oxygen atoms in total. The normalized spacial score (nSPS) is 10.4. The van der Waals surface area contributed by atoms with Crippen molar-refractivity contribution in [3.63, 3.8) is 0 Å². The van der Waals surface area contributed by atoms with E-state index < -0.39 is 11.9 Å². The summed E-state index contributed by atoms with van der Waals surface area (Å²) >= 11 is 6.48. The number of rotatable bonds is 11. The first-order valence-corrected chi connectivity index (χ1v) is 13.1. The van der Waals surface area contributed by atoms with Crippen LogP contribution in [0.25, 0.3) is 11.1 Å². The van der Waals surface area contributed by atoms with Crippen molar-refractivity contribution in [2.45, 2.75) is 0 Å². The predicted octanol–water partition coefficient (Wildman–Crippen LogP) is 6.50. The van der Waals surface area contributed by atoms with Gasteiger partial charge in [0.1, 0.15) is 34.1 Å². The molecule has 0 spiro atoms. The zero-order chi connectivity index (χ0) is 31.1. The third-order valence-electron chi connectivity index (χ3n) is 6.38. The lowest BCUT2D eigenvalue weighted by molar-refractivity contribution is 0.0721. The van der Waals surface area contributed by atoms with Crippen LogP contribution in [0.15, 0.2) is 66.7 Å². The van der Waals surface area contributed by atoms with E-state index >= 15 is 0 Å². The first-order chi connectivity index (χ1) is 20.8. The highest BCUT2D eigenvalue weighted by molar-refractivity contribution is 6.32. The largest absolute Gasteiger partial charge is 0.496 e. The van der Waals surface area contributed by atoms with Crippen LogP contribution in [0.5, 0.6) is 46.0 Å². The molecule has 0 saturated carbocycles. The average molecular weight is 609 g/mol. The van der Waals surface area contributed by atoms with Crippen molar-refractivity contribution in [1.82, 2.24) is 0 Å². The molecule has 11 heteroatoms. The summed E-state index contributed by atoms with van der Waals surface area (Å²) in [6, 6.07) is 17.8. The quantitative estimate of drug-likeness (QED) is 0.138. The number of carbonyl (C=O) groups is 2. The molecular weight excluding hydrogens is 580 g/mol. The van der Waals surface area contributed by atoms with Crippen molar-refractivity contribution in [3.8, 4) is 57.1 Å². The molecule has 0 bridgehead atoms. The Bertz CT molecular complexity index is 1630. The maximum atomic E-state index is 13.0. The summed E-state index contributed by atoms with van der Waals surface area (Å²) in [7, 11) is 8.77. The lowest BCUT2D eigenvalue weighted by Crippen LogP contribution is -2.11. The lowest BCUT2D eigenvalue weighted by Gasteiger charge is -2.14. The number of carbonyl (C=O) groups excluding carboxylic acids is 2. The first-order valence-electron chi connectivity index (χ1n) is 12.7. The molecular formula is C32H29ClO10. The predicted molar refractivity (Wildman–Crippen MR) is 159 cm³/mol. The van der Waals surface area contributed by atoms with E-state index in [4.69, 9.17) is 49.5 Å². The summed E-state index contributed by atoms with van der Waals surface area (Å²) in [5.41, 5.74) is 1.83. The molecule has 0 unspecified atom stereocenters. The number of benzene rings is 4. The second-order valence-corrected chi connectivity index (χ2v) is 9.17. The van der Waals surface area contributed by atoms with Crippen LogP contribution in [0, 0.1) is 0 Å². The standard InChI is InChI=1S/C32H29ClO10/c1-36-25-16-29(40-5)27(38-3)14-21(25)31(34)42-20-10-7-18(8-11-20)19-9-12-24(23(33)13-19)43-32(35)22-15-28(39-4)30(41-6)17-26(22)37-2/h7-17H,1-6H3. The molecule has 0 N–H and O–H groups in total. The molecule has 0 aliphatic carbocycles. The van der Waals surface area contributed by atoms with Gasteiger partial charge in [-0.15, -0.1) is 0 Å². The number of esters is 2. The summed E-state index contributed by atoms with van der Waals surface area (Å²) < 4.78 is 42.9. The van der Waals surface area contributed by atoms with Gasteiger partial charge in [0, 0.05) is 24.3 Å². The highest BCUT2D eigenvalue weighted by Crippen LogP contribution is 2.38. The molecule has 0 saturated heterocycles. The molecule has 0 fully saturated rings. The van der Waals surface area contributed by atoms with Crippen molar-refractivity contribution in [1.29, 1.82) is 0 Å². The first kappa shape index (κ1) is 30.9. The van der Waals surface area contributed by atoms with E-state index in [0.717, 1.165) is 11.1 Å². The molecule has 4 aromatic carbocycles. The van der Waals surface area contributed by atoms with Crippen molar-refractivity contribution in [3.05, 3.63) is 82.9 Å². The van der Waals surface area contributed by atoms with Gasteiger partial charge in [-0.05, 0) is 35.4 Å². The van der Waals surface area contributed by atoms with E-state index in [1.54, 1.807) is 48.5 Å². The molecule has 0 aromatic heterocycles. The Hall–Kier alpha value is -5.09. The van der Waals surface area contributed by atoms with Gasteiger partial charge in [0.2, 0.25) is 0 Å². The van der Waals surface area contributed by atoms with E-state index in [-0.39, 0.29) is 33.4 Å². The fraction of sp³-hybridized carbons (Fsp3) is 0.188. The monoisotopic (exact) mass is 608 g/mol. The molecule has 4 rings (SSSR count). The molecule has 43 heavy (non-hydrogen) atoms. The highest BCUT2D eigenvalue weighted by atomic mass is 35.5. The second kappa shape index (κ2) is 13.7. The summed E-state index contributed by atoms with van der Waals surface area (Å²) in [6.07, 6.45) is 0. The fourth-order valence-corrected chi connectivity index (χ4v) is 4.39. The average Bonchev–Trinajstić information content (AvgIpc) is 3.04. The van der Waals surface area contributed by atoms with Gasteiger partial charge in [0.15, 0.2) is 23.0 Å². The van der Waals surface area contributed by atoms with Crippen LogP contribution >= 0.6 is 11.6 Å². The van der Waals surface area contributed by atoms with Gasteiger partial charge in [-0.3, -0.25) is 0 Å². The van der Waals surface area contributed by atoms with Crippen molar-refractivity contribution in [2.24, 2.45) is 0 Å². The minimum Gasteiger partial charge on any atom is -0.496 e. The minimum absolute atomic E-state index is 0.135. The Kier molecular flexibility index (Phi) is 9.84. The third kappa shape index (κ3) is 6.70. The molecule has 0 radical (unpaired) electrons.